The minimum absolute atomic E-state index is 0.205. The molecule has 2 heterocycles. The van der Waals surface area contributed by atoms with E-state index in [0.29, 0.717) is 17.9 Å². The molecule has 2 N–H and O–H groups in total. The number of halogens is 1. The van der Waals surface area contributed by atoms with Crippen molar-refractivity contribution in [3.8, 4) is 0 Å². The van der Waals surface area contributed by atoms with Gasteiger partial charge < -0.3 is 10.4 Å². The number of nitrogens with zero attached hydrogens (tertiary/aromatic N) is 2. The van der Waals surface area contributed by atoms with E-state index in [0.717, 1.165) is 17.9 Å². The quantitative estimate of drug-likeness (QED) is 0.765. The van der Waals surface area contributed by atoms with Gasteiger partial charge in [0.2, 0.25) is 0 Å². The van der Waals surface area contributed by atoms with Crippen molar-refractivity contribution < 1.29 is 9.90 Å². The molecule has 0 aliphatic heterocycles. The largest absolute Gasteiger partial charge is 0.396 e. The number of nitrogens with one attached hydrogen (secondary N) is 1. The van der Waals surface area contributed by atoms with Gasteiger partial charge in [-0.25, -0.2) is 4.98 Å². The van der Waals surface area contributed by atoms with Crippen LogP contribution in [-0.4, -0.2) is 45.1 Å². The number of carbonyl (C=O) groups excluding carboxylic acids is 1. The van der Waals surface area contributed by atoms with E-state index in [1.165, 1.54) is 0 Å². The molecule has 108 valence electrons. The molecule has 2 rings (SSSR count). The molecule has 2 aromatic rings. The van der Waals surface area contributed by atoms with E-state index in [1.807, 2.05) is 12.1 Å². The Morgan fingerprint density at radius 3 is 3.10 bits per heavy atom. The van der Waals surface area contributed by atoms with Crippen molar-refractivity contribution in [3.63, 3.8) is 0 Å². The summed E-state index contributed by atoms with van der Waals surface area (Å²) in [5.41, 5.74) is 1.02. The molecule has 0 bridgehead atoms. The predicted octanol–water partition coefficient (Wildman–Crippen LogP) is 1.83. The number of fused-ring (bicyclic) bond motifs is 1. The Bertz CT molecular complexity index is 588. The summed E-state index contributed by atoms with van der Waals surface area (Å²) in [7, 11) is 0. The number of carbonyl (C=O) groups is 1. The lowest BCUT2D eigenvalue weighted by Crippen LogP contribution is -2.27. The first-order valence-corrected chi connectivity index (χ1v) is 7.86. The Morgan fingerprint density at radius 2 is 2.30 bits per heavy atom. The van der Waals surface area contributed by atoms with E-state index in [4.69, 9.17) is 16.7 Å². The standard InChI is InChI=1S/C13H16ClN3O2S/c14-12-11(17-6-2-1-4-10(17)16-12)13(19)15-5-9-20-8-3-7-18/h1-2,4,6,18H,3,5,7-9H2,(H,15,19). The van der Waals surface area contributed by atoms with Gasteiger partial charge in [-0.05, 0) is 24.3 Å². The van der Waals surface area contributed by atoms with Crippen LogP contribution >= 0.6 is 23.4 Å². The van der Waals surface area contributed by atoms with Crippen LogP contribution in [0.4, 0.5) is 0 Å². The Morgan fingerprint density at radius 1 is 1.45 bits per heavy atom. The Kier molecular flexibility index (Phi) is 5.70. The third-order valence-corrected chi connectivity index (χ3v) is 4.01. The van der Waals surface area contributed by atoms with Crippen LogP contribution in [0.2, 0.25) is 5.15 Å². The summed E-state index contributed by atoms with van der Waals surface area (Å²) in [4.78, 5) is 16.3. The van der Waals surface area contributed by atoms with Gasteiger partial charge in [0.25, 0.3) is 5.91 Å². The zero-order valence-electron chi connectivity index (χ0n) is 10.9. The second-order valence-electron chi connectivity index (χ2n) is 4.13. The van der Waals surface area contributed by atoms with Crippen molar-refractivity contribution in [3.05, 3.63) is 35.2 Å². The molecule has 0 spiro atoms. The fourth-order valence-corrected chi connectivity index (χ4v) is 2.81. The number of thioether (sulfide) groups is 1. The molecule has 20 heavy (non-hydrogen) atoms. The highest BCUT2D eigenvalue weighted by atomic mass is 35.5. The van der Waals surface area contributed by atoms with Crippen molar-refractivity contribution in [2.24, 2.45) is 0 Å². The van der Waals surface area contributed by atoms with Gasteiger partial charge in [-0.15, -0.1) is 0 Å². The Hall–Kier alpha value is -1.24. The molecule has 7 heteroatoms. The molecular formula is C13H16ClN3O2S. The molecule has 5 nitrogen and oxygen atoms in total. The van der Waals surface area contributed by atoms with E-state index in [-0.39, 0.29) is 17.7 Å². The van der Waals surface area contributed by atoms with Gasteiger partial charge in [0, 0.05) is 25.1 Å². The van der Waals surface area contributed by atoms with E-state index >= 15 is 0 Å². The van der Waals surface area contributed by atoms with Gasteiger partial charge in [0.05, 0.1) is 0 Å². The van der Waals surface area contributed by atoms with Crippen LogP contribution in [0.3, 0.4) is 0 Å². The second-order valence-corrected chi connectivity index (χ2v) is 5.71. The van der Waals surface area contributed by atoms with Crippen LogP contribution in [-0.2, 0) is 0 Å². The molecule has 0 saturated heterocycles. The van der Waals surface area contributed by atoms with Crippen LogP contribution in [0.25, 0.3) is 5.65 Å². The van der Waals surface area contributed by atoms with Crippen LogP contribution < -0.4 is 5.32 Å². The van der Waals surface area contributed by atoms with Crippen molar-refractivity contribution in [1.82, 2.24) is 14.7 Å². The lowest BCUT2D eigenvalue weighted by molar-refractivity contribution is 0.0950. The molecule has 1 amide bonds. The monoisotopic (exact) mass is 313 g/mol. The number of amides is 1. The van der Waals surface area contributed by atoms with Gasteiger partial charge in [-0.2, -0.15) is 11.8 Å². The first-order chi connectivity index (χ1) is 9.74. The molecule has 0 aliphatic carbocycles. The van der Waals surface area contributed by atoms with Crippen LogP contribution in [0.15, 0.2) is 24.4 Å². The summed E-state index contributed by atoms with van der Waals surface area (Å²) in [5.74, 6) is 1.47. The van der Waals surface area contributed by atoms with Crippen molar-refractivity contribution >= 4 is 34.9 Å². The maximum absolute atomic E-state index is 12.1. The molecule has 2 aromatic heterocycles. The summed E-state index contributed by atoms with van der Waals surface area (Å²) >= 11 is 7.71. The number of aromatic nitrogens is 2. The van der Waals surface area contributed by atoms with E-state index in [1.54, 1.807) is 28.4 Å². The SMILES string of the molecule is O=C(NCCSCCCO)c1c(Cl)nc2ccccn12. The highest BCUT2D eigenvalue weighted by Gasteiger charge is 2.16. The number of aliphatic hydroxyl groups excluding tert-OH is 1. The third-order valence-electron chi connectivity index (χ3n) is 2.68. The predicted molar refractivity (Wildman–Crippen MR) is 81.6 cm³/mol. The van der Waals surface area contributed by atoms with E-state index in [9.17, 15) is 4.79 Å². The van der Waals surface area contributed by atoms with Crippen LogP contribution in [0.1, 0.15) is 16.9 Å². The number of rotatable bonds is 7. The minimum atomic E-state index is -0.226. The number of aliphatic hydroxyl groups is 1. The Balaban J connectivity index is 1.93. The molecule has 0 aliphatic rings. The van der Waals surface area contributed by atoms with Gasteiger partial charge in [0.1, 0.15) is 5.65 Å². The molecule has 0 fully saturated rings. The third kappa shape index (κ3) is 3.65. The zero-order chi connectivity index (χ0) is 14.4. The first kappa shape index (κ1) is 15.2. The molecule has 0 aromatic carbocycles. The van der Waals surface area contributed by atoms with Gasteiger partial charge in [-0.3, -0.25) is 9.20 Å². The summed E-state index contributed by atoms with van der Waals surface area (Å²) in [5, 5.41) is 11.7. The van der Waals surface area contributed by atoms with Gasteiger partial charge >= 0.3 is 0 Å². The summed E-state index contributed by atoms with van der Waals surface area (Å²) < 4.78 is 1.68. The average Bonchev–Trinajstić information content (AvgIpc) is 2.78. The van der Waals surface area contributed by atoms with Crippen LogP contribution in [0.5, 0.6) is 0 Å². The van der Waals surface area contributed by atoms with Crippen LogP contribution in [0, 0.1) is 0 Å². The number of hydrogen-bond acceptors (Lipinski definition) is 4. The van der Waals surface area contributed by atoms with Gasteiger partial charge in [-0.1, -0.05) is 17.7 Å². The Labute approximate surface area is 126 Å². The smallest absolute Gasteiger partial charge is 0.271 e. The fraction of sp³-hybridized carbons (Fsp3) is 0.385. The molecule has 0 unspecified atom stereocenters. The molecule has 0 atom stereocenters. The minimum Gasteiger partial charge on any atom is -0.396 e. The normalized spacial score (nSPS) is 10.9. The number of pyridine rings is 1. The number of imidazole rings is 1. The lowest BCUT2D eigenvalue weighted by Gasteiger charge is -2.05. The lowest BCUT2D eigenvalue weighted by atomic mass is 10.4. The fourth-order valence-electron chi connectivity index (χ4n) is 1.76. The molecule has 0 saturated carbocycles. The van der Waals surface area contributed by atoms with E-state index in [2.05, 4.69) is 10.3 Å². The van der Waals surface area contributed by atoms with Crippen molar-refractivity contribution in [1.29, 1.82) is 0 Å². The second kappa shape index (κ2) is 7.52. The molecule has 0 radical (unpaired) electrons. The zero-order valence-corrected chi connectivity index (χ0v) is 12.5. The first-order valence-electron chi connectivity index (χ1n) is 6.33. The average molecular weight is 314 g/mol. The van der Waals surface area contributed by atoms with Crippen molar-refractivity contribution in [2.75, 3.05) is 24.7 Å². The highest BCUT2D eigenvalue weighted by molar-refractivity contribution is 7.99. The molecular weight excluding hydrogens is 298 g/mol. The summed E-state index contributed by atoms with van der Waals surface area (Å²) in [6.07, 6.45) is 2.54. The topological polar surface area (TPSA) is 66.6 Å². The highest BCUT2D eigenvalue weighted by Crippen LogP contribution is 2.17. The summed E-state index contributed by atoms with van der Waals surface area (Å²) in [6.45, 7) is 0.766. The van der Waals surface area contributed by atoms with Crippen molar-refractivity contribution in [2.45, 2.75) is 6.42 Å². The summed E-state index contributed by atoms with van der Waals surface area (Å²) in [6, 6.07) is 5.47. The maximum atomic E-state index is 12.1. The number of hydrogen-bond donors (Lipinski definition) is 2. The maximum Gasteiger partial charge on any atom is 0.271 e. The van der Waals surface area contributed by atoms with E-state index < -0.39 is 0 Å². The van der Waals surface area contributed by atoms with Gasteiger partial charge in [0.15, 0.2) is 10.8 Å².